The third-order valence-electron chi connectivity index (χ3n) is 3.33. The molecule has 1 fully saturated rings. The van der Waals surface area contributed by atoms with Gasteiger partial charge in [-0.2, -0.15) is 16.9 Å². The number of urea groups is 1. The summed E-state index contributed by atoms with van der Waals surface area (Å²) in [7, 11) is 0. The van der Waals surface area contributed by atoms with E-state index in [9.17, 15) is 9.59 Å². The number of carbonyl (C=O) groups excluding carboxylic acids is 1. The first-order valence-corrected chi connectivity index (χ1v) is 7.45. The van der Waals surface area contributed by atoms with Gasteiger partial charge in [0.05, 0.1) is 11.9 Å². The molecule has 0 saturated carbocycles. The zero-order chi connectivity index (χ0) is 14.7. The lowest BCUT2D eigenvalue weighted by Crippen LogP contribution is -2.49. The van der Waals surface area contributed by atoms with Crippen LogP contribution < -0.4 is 5.32 Å². The maximum Gasteiger partial charge on any atom is 0.325 e. The zero-order valence-electron chi connectivity index (χ0n) is 11.4. The molecule has 1 aliphatic rings. The van der Waals surface area contributed by atoms with E-state index in [0.717, 1.165) is 5.75 Å². The molecule has 1 saturated heterocycles. The minimum atomic E-state index is -0.971. The number of nitrogens with one attached hydrogen (secondary N) is 1. The van der Waals surface area contributed by atoms with Crippen molar-refractivity contribution in [3.63, 3.8) is 0 Å². The predicted molar refractivity (Wildman–Crippen MR) is 77.0 cm³/mol. The number of rotatable bonds is 3. The monoisotopic (exact) mass is 298 g/mol. The lowest BCUT2D eigenvalue weighted by molar-refractivity contribution is -0.137. The van der Waals surface area contributed by atoms with Crippen molar-refractivity contribution < 1.29 is 14.7 Å². The molecular formula is C12H18N4O3S. The smallest absolute Gasteiger partial charge is 0.325 e. The van der Waals surface area contributed by atoms with Gasteiger partial charge in [0.2, 0.25) is 0 Å². The quantitative estimate of drug-likeness (QED) is 0.879. The molecule has 110 valence electrons. The van der Waals surface area contributed by atoms with Gasteiger partial charge in [-0.15, -0.1) is 0 Å². The number of thioether (sulfide) groups is 1. The van der Waals surface area contributed by atoms with Crippen LogP contribution in [0.5, 0.6) is 0 Å². The number of carboxylic acids is 1. The number of carboxylic acid groups (broad SMARTS) is 1. The van der Waals surface area contributed by atoms with Gasteiger partial charge in [0, 0.05) is 29.8 Å². The summed E-state index contributed by atoms with van der Waals surface area (Å²) in [6.07, 6.45) is 2.96. The molecule has 0 bridgehead atoms. The van der Waals surface area contributed by atoms with Crippen LogP contribution in [-0.2, 0) is 11.3 Å². The van der Waals surface area contributed by atoms with Crippen LogP contribution in [0.3, 0.4) is 0 Å². The van der Waals surface area contributed by atoms with Gasteiger partial charge >= 0.3 is 12.0 Å². The summed E-state index contributed by atoms with van der Waals surface area (Å²) < 4.78 is 1.27. The average Bonchev–Trinajstić information content (AvgIpc) is 2.79. The van der Waals surface area contributed by atoms with Gasteiger partial charge in [-0.25, -0.2) is 4.79 Å². The number of aliphatic carboxylic acids is 1. The molecule has 0 radical (unpaired) electrons. The topological polar surface area (TPSA) is 87.5 Å². The summed E-state index contributed by atoms with van der Waals surface area (Å²) in [6, 6.07) is 0.00217. The minimum Gasteiger partial charge on any atom is -0.480 e. The Morgan fingerprint density at radius 3 is 3.00 bits per heavy atom. The molecule has 8 heteroatoms. The van der Waals surface area contributed by atoms with Crippen LogP contribution in [0.1, 0.15) is 13.8 Å². The Hall–Kier alpha value is -1.70. The first-order chi connectivity index (χ1) is 9.47. The van der Waals surface area contributed by atoms with Crippen LogP contribution in [0.25, 0.3) is 0 Å². The van der Waals surface area contributed by atoms with Crippen molar-refractivity contribution in [2.24, 2.45) is 0 Å². The maximum atomic E-state index is 12.2. The largest absolute Gasteiger partial charge is 0.480 e. The van der Waals surface area contributed by atoms with Gasteiger partial charge in [0.1, 0.15) is 6.54 Å². The third-order valence-corrected chi connectivity index (χ3v) is 4.66. The van der Waals surface area contributed by atoms with Crippen LogP contribution in [0.2, 0.25) is 0 Å². The summed E-state index contributed by atoms with van der Waals surface area (Å²) in [5.74, 6) is -0.0431. The molecule has 2 rings (SSSR count). The van der Waals surface area contributed by atoms with Crippen molar-refractivity contribution in [3.05, 3.63) is 12.4 Å². The number of nitrogens with zero attached hydrogens (tertiary/aromatic N) is 3. The number of aromatic nitrogens is 2. The SMILES string of the molecule is CC1SCCN(C(=O)Nc2cnn(CC(=O)O)c2)C1C. The molecule has 2 unspecified atom stereocenters. The van der Waals surface area contributed by atoms with E-state index < -0.39 is 5.97 Å². The van der Waals surface area contributed by atoms with Gasteiger partial charge in [-0.3, -0.25) is 9.48 Å². The number of hydrogen-bond acceptors (Lipinski definition) is 4. The van der Waals surface area contributed by atoms with E-state index in [0.29, 0.717) is 17.5 Å². The fraction of sp³-hybridized carbons (Fsp3) is 0.583. The molecule has 1 aromatic rings. The highest BCUT2D eigenvalue weighted by Gasteiger charge is 2.28. The van der Waals surface area contributed by atoms with Gasteiger partial charge in [-0.1, -0.05) is 6.92 Å². The van der Waals surface area contributed by atoms with Crippen molar-refractivity contribution in [3.8, 4) is 0 Å². The van der Waals surface area contributed by atoms with Gasteiger partial charge < -0.3 is 15.3 Å². The zero-order valence-corrected chi connectivity index (χ0v) is 12.3. The first kappa shape index (κ1) is 14.7. The molecule has 2 heterocycles. The molecule has 2 atom stereocenters. The number of carbonyl (C=O) groups is 2. The van der Waals surface area contributed by atoms with Gasteiger partial charge in [0.15, 0.2) is 0 Å². The molecule has 1 aromatic heterocycles. The lowest BCUT2D eigenvalue weighted by atomic mass is 10.2. The Labute approximate surface area is 121 Å². The Morgan fingerprint density at radius 1 is 1.55 bits per heavy atom. The molecule has 2 N–H and O–H groups in total. The highest BCUT2D eigenvalue weighted by Crippen LogP contribution is 2.24. The molecule has 0 aliphatic carbocycles. The summed E-state index contributed by atoms with van der Waals surface area (Å²) in [5.41, 5.74) is 0.509. The molecule has 7 nitrogen and oxygen atoms in total. The van der Waals surface area contributed by atoms with E-state index in [1.165, 1.54) is 17.1 Å². The molecule has 0 aromatic carbocycles. The van der Waals surface area contributed by atoms with E-state index in [-0.39, 0.29) is 18.6 Å². The van der Waals surface area contributed by atoms with Crippen LogP contribution in [-0.4, -0.2) is 55.4 Å². The van der Waals surface area contributed by atoms with Gasteiger partial charge in [-0.05, 0) is 6.92 Å². The minimum absolute atomic E-state index is 0.167. The summed E-state index contributed by atoms with van der Waals surface area (Å²) >= 11 is 1.86. The molecule has 0 spiro atoms. The number of anilines is 1. The molecule has 2 amide bonds. The standard InChI is InChI=1S/C12H18N4O3S/c1-8-9(2)20-4-3-16(8)12(19)14-10-5-13-15(6-10)7-11(17)18/h5-6,8-9H,3-4,7H2,1-2H3,(H,14,19)(H,17,18). The van der Waals surface area contributed by atoms with E-state index in [1.807, 2.05) is 18.7 Å². The fourth-order valence-corrected chi connectivity index (χ4v) is 3.17. The average molecular weight is 298 g/mol. The second-order valence-corrected chi connectivity index (χ2v) is 6.25. The fourth-order valence-electron chi connectivity index (χ4n) is 2.07. The Morgan fingerprint density at radius 2 is 2.30 bits per heavy atom. The summed E-state index contributed by atoms with van der Waals surface area (Å²) in [4.78, 5) is 24.6. The lowest BCUT2D eigenvalue weighted by Gasteiger charge is -2.37. The number of hydrogen-bond donors (Lipinski definition) is 2. The second kappa shape index (κ2) is 6.17. The number of amides is 2. The van der Waals surface area contributed by atoms with E-state index in [1.54, 1.807) is 4.90 Å². The van der Waals surface area contributed by atoms with Crippen molar-refractivity contribution in [1.82, 2.24) is 14.7 Å². The summed E-state index contributed by atoms with van der Waals surface area (Å²) in [5, 5.41) is 15.7. The maximum absolute atomic E-state index is 12.2. The molecule has 1 aliphatic heterocycles. The third kappa shape index (κ3) is 3.44. The van der Waals surface area contributed by atoms with Crippen molar-refractivity contribution in [2.75, 3.05) is 17.6 Å². The summed E-state index contributed by atoms with van der Waals surface area (Å²) in [6.45, 7) is 4.64. The second-order valence-electron chi connectivity index (χ2n) is 4.76. The highest BCUT2D eigenvalue weighted by molar-refractivity contribution is 8.00. The van der Waals surface area contributed by atoms with Crippen molar-refractivity contribution in [1.29, 1.82) is 0 Å². The van der Waals surface area contributed by atoms with Crippen molar-refractivity contribution in [2.45, 2.75) is 31.7 Å². The molecular weight excluding hydrogens is 280 g/mol. The first-order valence-electron chi connectivity index (χ1n) is 6.41. The van der Waals surface area contributed by atoms with E-state index in [4.69, 9.17) is 5.11 Å². The van der Waals surface area contributed by atoms with Crippen LogP contribution in [0.4, 0.5) is 10.5 Å². The highest BCUT2D eigenvalue weighted by atomic mass is 32.2. The van der Waals surface area contributed by atoms with Crippen LogP contribution in [0.15, 0.2) is 12.4 Å². The molecule has 20 heavy (non-hydrogen) atoms. The normalized spacial score (nSPS) is 22.6. The Balaban J connectivity index is 1.97. The van der Waals surface area contributed by atoms with E-state index >= 15 is 0 Å². The van der Waals surface area contributed by atoms with Crippen LogP contribution >= 0.6 is 11.8 Å². The van der Waals surface area contributed by atoms with E-state index in [2.05, 4.69) is 17.3 Å². The Kier molecular flexibility index (Phi) is 4.53. The van der Waals surface area contributed by atoms with Crippen LogP contribution in [0, 0.1) is 0 Å². The predicted octanol–water partition coefficient (Wildman–Crippen LogP) is 1.33. The Bertz CT molecular complexity index is 505. The van der Waals surface area contributed by atoms with Crippen molar-refractivity contribution >= 4 is 29.4 Å². The van der Waals surface area contributed by atoms with Gasteiger partial charge in [0.25, 0.3) is 0 Å².